The quantitative estimate of drug-likeness (QED) is 0.458. The summed E-state index contributed by atoms with van der Waals surface area (Å²) in [5, 5.41) is 0. The van der Waals surface area contributed by atoms with Crippen molar-refractivity contribution in [2.75, 3.05) is 18.1 Å². The van der Waals surface area contributed by atoms with Crippen LogP contribution in [0.25, 0.3) is 23.3 Å². The zero-order chi connectivity index (χ0) is 25.3. The van der Waals surface area contributed by atoms with Crippen LogP contribution in [0, 0.1) is 5.82 Å². The third kappa shape index (κ3) is 5.82. The van der Waals surface area contributed by atoms with Crippen molar-refractivity contribution in [3.8, 4) is 16.9 Å². The average Bonchev–Trinajstić information content (AvgIpc) is 2.70. The maximum Gasteiger partial charge on any atom is 0.325 e. The summed E-state index contributed by atoms with van der Waals surface area (Å²) < 4.78 is 45.3. The fraction of sp³-hybridized carbons (Fsp3) is 0.250. The Morgan fingerprint density at radius 2 is 1.74 bits per heavy atom. The first kappa shape index (κ1) is 25.0. The molecule has 180 valence electrons. The Balaban J connectivity index is 2.14. The van der Waals surface area contributed by atoms with Gasteiger partial charge in [-0.3, -0.25) is 14.5 Å². The van der Waals surface area contributed by atoms with E-state index in [0.29, 0.717) is 16.9 Å². The van der Waals surface area contributed by atoms with Gasteiger partial charge in [0.05, 0.1) is 24.6 Å². The van der Waals surface area contributed by atoms with Crippen LogP contribution >= 0.6 is 0 Å². The van der Waals surface area contributed by atoms with E-state index in [4.69, 9.17) is 4.74 Å². The molecule has 0 saturated carbocycles. The molecule has 3 rings (SSSR count). The van der Waals surface area contributed by atoms with E-state index in [0.717, 1.165) is 17.9 Å². The number of benzene rings is 2. The van der Waals surface area contributed by atoms with E-state index in [1.807, 2.05) is 26.8 Å². The molecular weight excluding hydrogens is 461 g/mol. The van der Waals surface area contributed by atoms with E-state index in [9.17, 15) is 22.4 Å². The lowest BCUT2D eigenvalue weighted by Gasteiger charge is -2.24. The zero-order valence-electron chi connectivity index (χ0n) is 19.4. The number of methoxy groups -OCH3 is 1. The van der Waals surface area contributed by atoms with Crippen LogP contribution in [0.4, 0.5) is 10.1 Å². The molecule has 1 aromatic heterocycles. The SMILES string of the molecule is COc1c(/C=C/c2ccc(NS(C)(=O)=O)cc2F)cc(-c2c[nH]c(=O)[nH]c2=O)cc1C(C)(C)C. The highest BCUT2D eigenvalue weighted by Crippen LogP contribution is 2.38. The van der Waals surface area contributed by atoms with E-state index in [1.165, 1.54) is 31.5 Å². The summed E-state index contributed by atoms with van der Waals surface area (Å²) in [6, 6.07) is 7.54. The van der Waals surface area contributed by atoms with Crippen LogP contribution in [0.1, 0.15) is 37.5 Å². The molecule has 10 heteroatoms. The van der Waals surface area contributed by atoms with E-state index < -0.39 is 27.1 Å². The van der Waals surface area contributed by atoms with Gasteiger partial charge in [0.1, 0.15) is 11.6 Å². The van der Waals surface area contributed by atoms with Crippen molar-refractivity contribution in [1.29, 1.82) is 0 Å². The van der Waals surface area contributed by atoms with Gasteiger partial charge in [-0.25, -0.2) is 17.6 Å². The molecule has 0 fully saturated rings. The largest absolute Gasteiger partial charge is 0.496 e. The van der Waals surface area contributed by atoms with Gasteiger partial charge in [0.25, 0.3) is 5.56 Å². The summed E-state index contributed by atoms with van der Waals surface area (Å²) in [5.74, 6) is -0.0581. The molecule has 0 saturated heterocycles. The van der Waals surface area contributed by atoms with Gasteiger partial charge in [0.2, 0.25) is 10.0 Å². The molecule has 2 aromatic carbocycles. The highest BCUT2D eigenvalue weighted by atomic mass is 32.2. The highest BCUT2D eigenvalue weighted by Gasteiger charge is 2.23. The number of aromatic amines is 2. The van der Waals surface area contributed by atoms with Crippen LogP contribution in [0.5, 0.6) is 5.75 Å². The first-order valence-corrected chi connectivity index (χ1v) is 12.2. The second kappa shape index (κ2) is 9.30. The third-order valence-electron chi connectivity index (χ3n) is 5.01. The van der Waals surface area contributed by atoms with Crippen molar-refractivity contribution >= 4 is 27.9 Å². The zero-order valence-corrected chi connectivity index (χ0v) is 20.3. The summed E-state index contributed by atoms with van der Waals surface area (Å²) in [6.07, 6.45) is 5.51. The average molecular weight is 488 g/mol. The molecule has 0 unspecified atom stereocenters. The summed E-state index contributed by atoms with van der Waals surface area (Å²) in [6.45, 7) is 5.98. The predicted octanol–water partition coefficient (Wildman–Crippen LogP) is 3.72. The van der Waals surface area contributed by atoms with Gasteiger partial charge >= 0.3 is 5.69 Å². The van der Waals surface area contributed by atoms with Gasteiger partial charge in [-0.15, -0.1) is 0 Å². The molecule has 0 bridgehead atoms. The van der Waals surface area contributed by atoms with Gasteiger partial charge in [0, 0.05) is 22.9 Å². The van der Waals surface area contributed by atoms with E-state index in [-0.39, 0.29) is 22.2 Å². The number of hydrogen-bond acceptors (Lipinski definition) is 5. The van der Waals surface area contributed by atoms with Crippen molar-refractivity contribution < 1.29 is 17.5 Å². The lowest BCUT2D eigenvalue weighted by Crippen LogP contribution is -2.23. The summed E-state index contributed by atoms with van der Waals surface area (Å²) in [4.78, 5) is 28.5. The van der Waals surface area contributed by atoms with Gasteiger partial charge in [-0.2, -0.15) is 0 Å². The Morgan fingerprint density at radius 1 is 1.06 bits per heavy atom. The normalized spacial score (nSPS) is 12.2. The Hall–Kier alpha value is -3.66. The number of halogens is 1. The van der Waals surface area contributed by atoms with Gasteiger partial charge < -0.3 is 9.72 Å². The molecule has 0 aliphatic carbocycles. The minimum absolute atomic E-state index is 0.115. The van der Waals surface area contributed by atoms with Gasteiger partial charge in [0.15, 0.2) is 0 Å². The Labute approximate surface area is 196 Å². The molecule has 0 aliphatic rings. The number of H-pyrrole nitrogens is 2. The number of nitrogens with one attached hydrogen (secondary N) is 3. The number of sulfonamides is 1. The molecule has 0 spiro atoms. The minimum atomic E-state index is -3.53. The van der Waals surface area contributed by atoms with E-state index >= 15 is 0 Å². The van der Waals surface area contributed by atoms with Crippen molar-refractivity contribution in [1.82, 2.24) is 9.97 Å². The first-order valence-electron chi connectivity index (χ1n) is 10.3. The first-order chi connectivity index (χ1) is 15.8. The number of ether oxygens (including phenoxy) is 1. The molecular formula is C24H26FN3O5S. The maximum absolute atomic E-state index is 14.6. The van der Waals surface area contributed by atoms with Crippen molar-refractivity contribution in [2.45, 2.75) is 26.2 Å². The Kier molecular flexibility index (Phi) is 6.83. The lowest BCUT2D eigenvalue weighted by atomic mass is 9.83. The van der Waals surface area contributed by atoms with Crippen LogP contribution in [-0.4, -0.2) is 31.8 Å². The molecule has 34 heavy (non-hydrogen) atoms. The third-order valence-corrected chi connectivity index (χ3v) is 5.61. The minimum Gasteiger partial charge on any atom is -0.496 e. The fourth-order valence-corrected chi connectivity index (χ4v) is 4.01. The molecule has 0 radical (unpaired) electrons. The number of anilines is 1. The molecule has 0 aliphatic heterocycles. The summed E-state index contributed by atoms with van der Waals surface area (Å²) >= 11 is 0. The van der Waals surface area contributed by atoms with Gasteiger partial charge in [-0.05, 0) is 41.3 Å². The number of rotatable bonds is 6. The predicted molar refractivity (Wildman–Crippen MR) is 132 cm³/mol. The van der Waals surface area contributed by atoms with Crippen molar-refractivity contribution in [3.63, 3.8) is 0 Å². The van der Waals surface area contributed by atoms with E-state index in [1.54, 1.807) is 12.1 Å². The van der Waals surface area contributed by atoms with Gasteiger partial charge in [-0.1, -0.05) is 32.9 Å². The molecule has 1 heterocycles. The second-order valence-electron chi connectivity index (χ2n) is 8.83. The van der Waals surface area contributed by atoms with Crippen LogP contribution in [0.15, 0.2) is 46.1 Å². The van der Waals surface area contributed by atoms with Crippen LogP contribution < -0.4 is 20.7 Å². The second-order valence-corrected chi connectivity index (χ2v) is 10.6. The van der Waals surface area contributed by atoms with Crippen molar-refractivity contribution in [3.05, 3.63) is 79.9 Å². The molecule has 0 atom stereocenters. The number of aromatic nitrogens is 2. The number of hydrogen-bond donors (Lipinski definition) is 3. The van der Waals surface area contributed by atoms with Crippen LogP contribution in [-0.2, 0) is 15.4 Å². The summed E-state index contributed by atoms with van der Waals surface area (Å²) in [5.41, 5.74) is 1.06. The molecule has 8 nitrogen and oxygen atoms in total. The summed E-state index contributed by atoms with van der Waals surface area (Å²) in [7, 11) is -2.00. The van der Waals surface area contributed by atoms with E-state index in [2.05, 4.69) is 14.7 Å². The Morgan fingerprint density at radius 3 is 2.29 bits per heavy atom. The Bertz CT molecular complexity index is 1480. The highest BCUT2D eigenvalue weighted by molar-refractivity contribution is 7.92. The lowest BCUT2D eigenvalue weighted by molar-refractivity contribution is 0.397. The van der Waals surface area contributed by atoms with Crippen LogP contribution in [0.2, 0.25) is 0 Å². The fourth-order valence-electron chi connectivity index (χ4n) is 3.46. The van der Waals surface area contributed by atoms with Crippen LogP contribution in [0.3, 0.4) is 0 Å². The maximum atomic E-state index is 14.6. The van der Waals surface area contributed by atoms with Crippen molar-refractivity contribution in [2.24, 2.45) is 0 Å². The molecule has 3 N–H and O–H groups in total. The monoisotopic (exact) mass is 487 g/mol. The topological polar surface area (TPSA) is 121 Å². The molecule has 3 aromatic rings. The molecule has 0 amide bonds. The smallest absolute Gasteiger partial charge is 0.325 e. The standard InChI is InChI=1S/C24H26FN3O5S/c1-24(2,3)19-11-16(18-13-26-23(30)27-22(18)29)10-15(21(19)33-4)7-6-14-8-9-17(12-20(14)25)28-34(5,31)32/h6-13,28H,1-5H3,(H2,26,27,29,30)/b7-6+.